The SMILES string of the molecule is COC(=O)CC(=O)c1ccc(O)c(OC)c1. The minimum absolute atomic E-state index is 0.0582. The van der Waals surface area contributed by atoms with Crippen molar-refractivity contribution in [2.45, 2.75) is 6.42 Å². The maximum Gasteiger partial charge on any atom is 0.313 e. The summed E-state index contributed by atoms with van der Waals surface area (Å²) < 4.78 is 9.23. The van der Waals surface area contributed by atoms with Crippen molar-refractivity contribution in [1.82, 2.24) is 0 Å². The second-order valence-electron chi connectivity index (χ2n) is 3.06. The van der Waals surface area contributed by atoms with Gasteiger partial charge in [0.25, 0.3) is 0 Å². The second kappa shape index (κ2) is 5.16. The van der Waals surface area contributed by atoms with E-state index in [0.29, 0.717) is 5.56 Å². The zero-order valence-electron chi connectivity index (χ0n) is 9.02. The standard InChI is InChI=1S/C11H12O5/c1-15-10-5-7(3-4-8(10)12)9(13)6-11(14)16-2/h3-5,12H,6H2,1-2H3. The van der Waals surface area contributed by atoms with Gasteiger partial charge in [0.15, 0.2) is 17.3 Å². The highest BCUT2D eigenvalue weighted by Gasteiger charge is 2.13. The summed E-state index contributed by atoms with van der Waals surface area (Å²) in [5.74, 6) is -0.852. The van der Waals surface area contributed by atoms with Crippen LogP contribution < -0.4 is 4.74 Å². The predicted octanol–water partition coefficient (Wildman–Crippen LogP) is 1.15. The molecule has 0 radical (unpaired) electrons. The number of esters is 1. The molecule has 0 saturated carbocycles. The topological polar surface area (TPSA) is 72.8 Å². The summed E-state index contributed by atoms with van der Waals surface area (Å²) in [4.78, 5) is 22.4. The summed E-state index contributed by atoms with van der Waals surface area (Å²) in [7, 11) is 2.59. The van der Waals surface area contributed by atoms with Crippen molar-refractivity contribution in [3.05, 3.63) is 23.8 Å². The first kappa shape index (κ1) is 12.0. The lowest BCUT2D eigenvalue weighted by molar-refractivity contribution is -0.139. The van der Waals surface area contributed by atoms with E-state index in [-0.39, 0.29) is 23.7 Å². The van der Waals surface area contributed by atoms with E-state index in [4.69, 9.17) is 4.74 Å². The predicted molar refractivity (Wildman–Crippen MR) is 55.6 cm³/mol. The molecule has 0 atom stereocenters. The van der Waals surface area contributed by atoms with Crippen molar-refractivity contribution in [1.29, 1.82) is 0 Å². The van der Waals surface area contributed by atoms with E-state index in [0.717, 1.165) is 0 Å². The number of carbonyl (C=O) groups excluding carboxylic acids is 2. The van der Waals surface area contributed by atoms with Crippen LogP contribution in [0.25, 0.3) is 0 Å². The zero-order chi connectivity index (χ0) is 12.1. The normalized spacial score (nSPS) is 9.62. The molecule has 0 heterocycles. The quantitative estimate of drug-likeness (QED) is 0.471. The van der Waals surface area contributed by atoms with Gasteiger partial charge in [-0.05, 0) is 18.2 Å². The van der Waals surface area contributed by atoms with Gasteiger partial charge in [-0.2, -0.15) is 0 Å². The summed E-state index contributed by atoms with van der Waals surface area (Å²) in [6.07, 6.45) is -0.329. The molecule has 5 nitrogen and oxygen atoms in total. The number of benzene rings is 1. The highest BCUT2D eigenvalue weighted by atomic mass is 16.5. The van der Waals surface area contributed by atoms with Crippen molar-refractivity contribution in [3.8, 4) is 11.5 Å². The number of methoxy groups -OCH3 is 2. The number of rotatable bonds is 4. The molecule has 0 saturated heterocycles. The van der Waals surface area contributed by atoms with Crippen LogP contribution in [0.1, 0.15) is 16.8 Å². The van der Waals surface area contributed by atoms with Crippen LogP contribution >= 0.6 is 0 Å². The third-order valence-electron chi connectivity index (χ3n) is 2.03. The Morgan fingerprint density at radius 1 is 1.31 bits per heavy atom. The van der Waals surface area contributed by atoms with E-state index < -0.39 is 5.97 Å². The summed E-state index contributed by atoms with van der Waals surface area (Å²) in [5, 5.41) is 9.32. The Labute approximate surface area is 92.6 Å². The number of carbonyl (C=O) groups is 2. The van der Waals surface area contributed by atoms with Gasteiger partial charge in [-0.15, -0.1) is 0 Å². The number of hydrogen-bond acceptors (Lipinski definition) is 5. The van der Waals surface area contributed by atoms with Crippen molar-refractivity contribution < 1.29 is 24.2 Å². The lowest BCUT2D eigenvalue weighted by Gasteiger charge is -2.05. The summed E-state index contributed by atoms with van der Waals surface area (Å²) in [6.45, 7) is 0. The van der Waals surface area contributed by atoms with Crippen LogP contribution in [0.2, 0.25) is 0 Å². The zero-order valence-corrected chi connectivity index (χ0v) is 9.02. The monoisotopic (exact) mass is 224 g/mol. The van der Waals surface area contributed by atoms with Gasteiger partial charge < -0.3 is 14.6 Å². The Morgan fingerprint density at radius 3 is 2.56 bits per heavy atom. The first-order valence-corrected chi connectivity index (χ1v) is 4.55. The fraction of sp³-hybridized carbons (Fsp3) is 0.273. The molecule has 0 aromatic heterocycles. The van der Waals surface area contributed by atoms with Crippen LogP contribution in [0, 0.1) is 0 Å². The molecule has 0 fully saturated rings. The molecule has 0 amide bonds. The number of phenols is 1. The molecule has 1 aromatic carbocycles. The van der Waals surface area contributed by atoms with Gasteiger partial charge in [0, 0.05) is 5.56 Å². The van der Waals surface area contributed by atoms with Gasteiger partial charge in [0.1, 0.15) is 6.42 Å². The molecule has 0 aliphatic heterocycles. The van der Waals surface area contributed by atoms with Crippen molar-refractivity contribution in [2.75, 3.05) is 14.2 Å². The molecule has 0 aliphatic rings. The van der Waals surface area contributed by atoms with Crippen LogP contribution in [0.15, 0.2) is 18.2 Å². The molecule has 1 rings (SSSR count). The molecule has 5 heteroatoms. The lowest BCUT2D eigenvalue weighted by Crippen LogP contribution is -2.09. The first-order valence-electron chi connectivity index (χ1n) is 4.55. The number of ketones is 1. The summed E-state index contributed by atoms with van der Waals surface area (Å²) in [5.41, 5.74) is 0.292. The first-order chi connectivity index (χ1) is 7.58. The van der Waals surface area contributed by atoms with Gasteiger partial charge in [0.2, 0.25) is 0 Å². The van der Waals surface area contributed by atoms with Crippen molar-refractivity contribution in [2.24, 2.45) is 0 Å². The Kier molecular flexibility index (Phi) is 3.88. The third-order valence-corrected chi connectivity index (χ3v) is 2.03. The minimum atomic E-state index is -0.600. The van der Waals surface area contributed by atoms with Crippen LogP contribution in [0.3, 0.4) is 0 Å². The third kappa shape index (κ3) is 2.73. The van der Waals surface area contributed by atoms with Gasteiger partial charge in [0.05, 0.1) is 14.2 Å². The van der Waals surface area contributed by atoms with E-state index in [1.807, 2.05) is 0 Å². The van der Waals surface area contributed by atoms with E-state index >= 15 is 0 Å². The Morgan fingerprint density at radius 2 is 2.00 bits per heavy atom. The number of Topliss-reactive ketones (excluding diaryl/α,β-unsaturated/α-hetero) is 1. The largest absolute Gasteiger partial charge is 0.504 e. The average Bonchev–Trinajstić information content (AvgIpc) is 2.29. The molecular formula is C11H12O5. The maximum atomic E-state index is 11.6. The second-order valence-corrected chi connectivity index (χ2v) is 3.06. The Bertz CT molecular complexity index is 411. The van der Waals surface area contributed by atoms with Crippen molar-refractivity contribution >= 4 is 11.8 Å². The number of aromatic hydroxyl groups is 1. The summed E-state index contributed by atoms with van der Waals surface area (Å²) in [6, 6.07) is 4.13. The highest BCUT2D eigenvalue weighted by Crippen LogP contribution is 2.26. The number of phenolic OH excluding ortho intramolecular Hbond substituents is 1. The molecular weight excluding hydrogens is 212 g/mol. The molecule has 0 aliphatic carbocycles. The Balaban J connectivity index is 2.88. The molecule has 1 aromatic rings. The molecule has 0 bridgehead atoms. The van der Waals surface area contributed by atoms with Gasteiger partial charge in [-0.1, -0.05) is 0 Å². The summed E-state index contributed by atoms with van der Waals surface area (Å²) >= 11 is 0. The van der Waals surface area contributed by atoms with Crippen LogP contribution in [-0.4, -0.2) is 31.1 Å². The van der Waals surface area contributed by atoms with E-state index in [1.54, 1.807) is 0 Å². The highest BCUT2D eigenvalue weighted by molar-refractivity contribution is 6.06. The molecule has 86 valence electrons. The van der Waals surface area contributed by atoms with Crippen LogP contribution in [0.4, 0.5) is 0 Å². The van der Waals surface area contributed by atoms with Gasteiger partial charge in [-0.25, -0.2) is 0 Å². The fourth-order valence-electron chi connectivity index (χ4n) is 1.16. The molecule has 1 N–H and O–H groups in total. The maximum absolute atomic E-state index is 11.6. The van der Waals surface area contributed by atoms with Crippen LogP contribution in [-0.2, 0) is 9.53 Å². The van der Waals surface area contributed by atoms with E-state index in [1.165, 1.54) is 32.4 Å². The van der Waals surface area contributed by atoms with Gasteiger partial charge >= 0.3 is 5.97 Å². The van der Waals surface area contributed by atoms with Crippen LogP contribution in [0.5, 0.6) is 11.5 Å². The number of ether oxygens (including phenoxy) is 2. The van der Waals surface area contributed by atoms with E-state index in [9.17, 15) is 14.7 Å². The lowest BCUT2D eigenvalue weighted by atomic mass is 10.1. The van der Waals surface area contributed by atoms with E-state index in [2.05, 4.69) is 4.74 Å². The van der Waals surface area contributed by atoms with Crippen molar-refractivity contribution in [3.63, 3.8) is 0 Å². The number of hydrogen-bond donors (Lipinski definition) is 1. The average molecular weight is 224 g/mol. The molecule has 16 heavy (non-hydrogen) atoms. The van der Waals surface area contributed by atoms with Gasteiger partial charge in [-0.3, -0.25) is 9.59 Å². The molecule has 0 unspecified atom stereocenters. The Hall–Kier alpha value is -2.04. The minimum Gasteiger partial charge on any atom is -0.504 e. The smallest absolute Gasteiger partial charge is 0.313 e. The molecule has 0 spiro atoms. The fourth-order valence-corrected chi connectivity index (χ4v) is 1.16.